The second-order valence-electron chi connectivity index (χ2n) is 5.55. The van der Waals surface area contributed by atoms with Crippen LogP contribution in [-0.2, 0) is 9.47 Å². The molecule has 1 rings (SSSR count). The molecular weight excluding hydrogens is 250 g/mol. The Morgan fingerprint density at radius 3 is 2.65 bits per heavy atom. The van der Waals surface area contributed by atoms with Crippen molar-refractivity contribution in [3.8, 4) is 0 Å². The first-order valence-corrected chi connectivity index (χ1v) is 7.60. The first kappa shape index (κ1) is 17.2. The normalized spacial score (nSPS) is 12.8. The number of hydrogen-bond acceptors (Lipinski definition) is 3. The van der Waals surface area contributed by atoms with Crippen LogP contribution in [0.5, 0.6) is 0 Å². The maximum Gasteiger partial charge on any atom is 0.0950 e. The number of ether oxygens (including phenoxy) is 2. The molecule has 0 bridgehead atoms. The van der Waals surface area contributed by atoms with Crippen LogP contribution in [0.3, 0.4) is 0 Å². The summed E-state index contributed by atoms with van der Waals surface area (Å²) in [4.78, 5) is 0. The molecular formula is C17H29NO2. The standard InChI is InChI=1S/C17H29NO2/c1-5-18-12-17(16-8-6-7-15(4)11-16)20-10-9-19-13-14(2)3/h6-8,11,14,17-18H,5,9-10,12-13H2,1-4H3. The summed E-state index contributed by atoms with van der Waals surface area (Å²) in [5.41, 5.74) is 2.50. The van der Waals surface area contributed by atoms with Crippen LogP contribution in [0.15, 0.2) is 24.3 Å². The second kappa shape index (κ2) is 9.92. The summed E-state index contributed by atoms with van der Waals surface area (Å²) in [5.74, 6) is 0.573. The Kier molecular flexibility index (Phi) is 8.51. The zero-order chi connectivity index (χ0) is 14.8. The summed E-state index contributed by atoms with van der Waals surface area (Å²) in [7, 11) is 0. The van der Waals surface area contributed by atoms with Gasteiger partial charge in [0.2, 0.25) is 0 Å². The van der Waals surface area contributed by atoms with Gasteiger partial charge in [0.1, 0.15) is 0 Å². The van der Waals surface area contributed by atoms with E-state index in [1.807, 2.05) is 0 Å². The van der Waals surface area contributed by atoms with Crippen molar-refractivity contribution in [3.05, 3.63) is 35.4 Å². The number of likely N-dealkylation sites (N-methyl/N-ethyl adjacent to an activating group) is 1. The Morgan fingerprint density at radius 2 is 2.00 bits per heavy atom. The fourth-order valence-corrected chi connectivity index (χ4v) is 1.99. The minimum atomic E-state index is 0.0949. The topological polar surface area (TPSA) is 30.5 Å². The molecule has 0 heterocycles. The van der Waals surface area contributed by atoms with Crippen LogP contribution >= 0.6 is 0 Å². The Hall–Kier alpha value is -0.900. The minimum absolute atomic E-state index is 0.0949. The maximum atomic E-state index is 5.98. The molecule has 1 aromatic carbocycles. The van der Waals surface area contributed by atoms with Gasteiger partial charge in [-0.25, -0.2) is 0 Å². The van der Waals surface area contributed by atoms with E-state index < -0.39 is 0 Å². The monoisotopic (exact) mass is 279 g/mol. The van der Waals surface area contributed by atoms with E-state index in [1.165, 1.54) is 11.1 Å². The van der Waals surface area contributed by atoms with Gasteiger partial charge in [0.25, 0.3) is 0 Å². The molecule has 0 aliphatic carbocycles. The molecule has 0 fully saturated rings. The van der Waals surface area contributed by atoms with Gasteiger partial charge < -0.3 is 14.8 Å². The lowest BCUT2D eigenvalue weighted by atomic mass is 10.1. The van der Waals surface area contributed by atoms with E-state index in [0.717, 1.165) is 19.7 Å². The van der Waals surface area contributed by atoms with Crippen molar-refractivity contribution in [1.29, 1.82) is 0 Å². The van der Waals surface area contributed by atoms with Gasteiger partial charge in [-0.1, -0.05) is 50.6 Å². The Balaban J connectivity index is 2.44. The quantitative estimate of drug-likeness (QED) is 0.666. The molecule has 0 saturated heterocycles. The van der Waals surface area contributed by atoms with Crippen LogP contribution in [0, 0.1) is 12.8 Å². The van der Waals surface area contributed by atoms with Crippen molar-refractivity contribution in [3.63, 3.8) is 0 Å². The Morgan fingerprint density at radius 1 is 1.20 bits per heavy atom. The van der Waals surface area contributed by atoms with Crippen molar-refractivity contribution in [2.24, 2.45) is 5.92 Å². The van der Waals surface area contributed by atoms with Gasteiger partial charge in [0.15, 0.2) is 0 Å². The molecule has 0 spiro atoms. The van der Waals surface area contributed by atoms with Crippen LogP contribution in [-0.4, -0.2) is 32.9 Å². The van der Waals surface area contributed by atoms with E-state index in [0.29, 0.717) is 19.1 Å². The fourth-order valence-electron chi connectivity index (χ4n) is 1.99. The van der Waals surface area contributed by atoms with E-state index in [2.05, 4.69) is 57.3 Å². The fraction of sp³-hybridized carbons (Fsp3) is 0.647. The highest BCUT2D eigenvalue weighted by atomic mass is 16.5. The van der Waals surface area contributed by atoms with Gasteiger partial charge in [0, 0.05) is 13.2 Å². The van der Waals surface area contributed by atoms with E-state index in [4.69, 9.17) is 9.47 Å². The molecule has 0 radical (unpaired) electrons. The van der Waals surface area contributed by atoms with Crippen LogP contribution in [0.1, 0.15) is 38.0 Å². The zero-order valence-electron chi connectivity index (χ0n) is 13.3. The van der Waals surface area contributed by atoms with Crippen molar-refractivity contribution in [1.82, 2.24) is 5.32 Å². The SMILES string of the molecule is CCNCC(OCCOCC(C)C)c1cccc(C)c1. The molecule has 1 atom stereocenters. The zero-order valence-corrected chi connectivity index (χ0v) is 13.3. The molecule has 20 heavy (non-hydrogen) atoms. The third-order valence-electron chi connectivity index (χ3n) is 2.99. The molecule has 1 unspecified atom stereocenters. The highest BCUT2D eigenvalue weighted by Crippen LogP contribution is 2.17. The summed E-state index contributed by atoms with van der Waals surface area (Å²) in [6.45, 7) is 12.4. The van der Waals surface area contributed by atoms with E-state index >= 15 is 0 Å². The van der Waals surface area contributed by atoms with Crippen molar-refractivity contribution < 1.29 is 9.47 Å². The Labute approximate surface area is 123 Å². The number of rotatable bonds is 10. The third-order valence-corrected chi connectivity index (χ3v) is 2.99. The molecule has 114 valence electrons. The number of aryl methyl sites for hydroxylation is 1. The van der Waals surface area contributed by atoms with Gasteiger partial charge in [-0.15, -0.1) is 0 Å². The van der Waals surface area contributed by atoms with Crippen LogP contribution in [0.25, 0.3) is 0 Å². The first-order chi connectivity index (χ1) is 9.63. The summed E-state index contributed by atoms with van der Waals surface area (Å²) in [6.07, 6.45) is 0.0949. The Bertz CT molecular complexity index is 366. The average Bonchev–Trinajstić information content (AvgIpc) is 2.41. The van der Waals surface area contributed by atoms with Crippen molar-refractivity contribution >= 4 is 0 Å². The average molecular weight is 279 g/mol. The van der Waals surface area contributed by atoms with Crippen LogP contribution in [0.2, 0.25) is 0 Å². The maximum absolute atomic E-state index is 5.98. The van der Waals surface area contributed by atoms with Gasteiger partial charge >= 0.3 is 0 Å². The van der Waals surface area contributed by atoms with Gasteiger partial charge in [-0.3, -0.25) is 0 Å². The minimum Gasteiger partial charge on any atom is -0.379 e. The van der Waals surface area contributed by atoms with Gasteiger partial charge in [-0.05, 0) is 24.9 Å². The molecule has 0 aliphatic rings. The lowest BCUT2D eigenvalue weighted by molar-refractivity contribution is -0.00114. The van der Waals surface area contributed by atoms with Gasteiger partial charge in [0.05, 0.1) is 19.3 Å². The predicted octanol–water partition coefficient (Wildman–Crippen LogP) is 3.33. The molecule has 1 N–H and O–H groups in total. The van der Waals surface area contributed by atoms with Gasteiger partial charge in [-0.2, -0.15) is 0 Å². The third kappa shape index (κ3) is 7.04. The van der Waals surface area contributed by atoms with Crippen LogP contribution in [0.4, 0.5) is 0 Å². The highest BCUT2D eigenvalue weighted by Gasteiger charge is 2.11. The molecule has 1 aromatic rings. The summed E-state index contributed by atoms with van der Waals surface area (Å²) >= 11 is 0. The summed E-state index contributed by atoms with van der Waals surface area (Å²) < 4.78 is 11.5. The predicted molar refractivity (Wildman–Crippen MR) is 84.1 cm³/mol. The van der Waals surface area contributed by atoms with E-state index in [-0.39, 0.29) is 6.10 Å². The number of nitrogens with one attached hydrogen (secondary N) is 1. The lowest BCUT2D eigenvalue weighted by Gasteiger charge is -2.19. The number of benzene rings is 1. The molecule has 0 saturated carbocycles. The second-order valence-corrected chi connectivity index (χ2v) is 5.55. The molecule has 0 amide bonds. The largest absolute Gasteiger partial charge is 0.379 e. The van der Waals surface area contributed by atoms with E-state index in [1.54, 1.807) is 0 Å². The summed E-state index contributed by atoms with van der Waals surface area (Å²) in [6, 6.07) is 8.52. The lowest BCUT2D eigenvalue weighted by Crippen LogP contribution is -2.24. The highest BCUT2D eigenvalue weighted by molar-refractivity contribution is 5.24. The molecule has 0 aliphatic heterocycles. The molecule has 0 aromatic heterocycles. The van der Waals surface area contributed by atoms with Crippen molar-refractivity contribution in [2.75, 3.05) is 32.9 Å². The first-order valence-electron chi connectivity index (χ1n) is 7.60. The summed E-state index contributed by atoms with van der Waals surface area (Å²) in [5, 5.41) is 3.36. The molecule has 3 heteroatoms. The van der Waals surface area contributed by atoms with Crippen LogP contribution < -0.4 is 5.32 Å². The smallest absolute Gasteiger partial charge is 0.0950 e. The van der Waals surface area contributed by atoms with Crippen molar-refractivity contribution in [2.45, 2.75) is 33.8 Å². The number of hydrogen-bond donors (Lipinski definition) is 1. The molecule has 3 nitrogen and oxygen atoms in total. The van der Waals surface area contributed by atoms with E-state index in [9.17, 15) is 0 Å².